The molecule has 0 aromatic carbocycles. The number of aliphatic carboxylic acids is 1. The highest BCUT2D eigenvalue weighted by Crippen LogP contribution is 2.29. The molecule has 3 aromatic heterocycles. The van der Waals surface area contributed by atoms with Gasteiger partial charge in [0.1, 0.15) is 17.2 Å². The van der Waals surface area contributed by atoms with Gasteiger partial charge in [-0.1, -0.05) is 20.8 Å². The molecule has 0 saturated heterocycles. The molecule has 8 nitrogen and oxygen atoms in total. The fourth-order valence-corrected chi connectivity index (χ4v) is 4.17. The molecule has 3 aromatic rings. The summed E-state index contributed by atoms with van der Waals surface area (Å²) in [6.45, 7) is 5.57. The highest BCUT2D eigenvalue weighted by Gasteiger charge is 2.28. The van der Waals surface area contributed by atoms with Gasteiger partial charge in [-0.2, -0.15) is 0 Å². The molecule has 3 rings (SSSR count). The lowest BCUT2D eigenvalue weighted by Gasteiger charge is -2.31. The van der Waals surface area contributed by atoms with E-state index in [1.165, 1.54) is 6.07 Å². The molecule has 160 valence electrons. The van der Waals surface area contributed by atoms with E-state index in [0.717, 1.165) is 12.4 Å². The Morgan fingerprint density at radius 3 is 2.70 bits per heavy atom. The molecule has 0 bridgehead atoms. The standard InChI is InChI=1S/C19H21F2N5O3S/c1-19(2,3)14(8-30(29)9-15(27)28)25-18-13(21)7-24-17(26-18)12-6-23-16-11(12)4-10(20)5-22-16/h4-7,14H,8-9H2,1-3H3,(H,22,23)(H,27,28)(H,24,25,26)/t14-,30?/m1/s1. The molecule has 3 heterocycles. The second kappa shape index (κ2) is 8.42. The van der Waals surface area contributed by atoms with Crippen LogP contribution in [0.4, 0.5) is 14.6 Å². The van der Waals surface area contributed by atoms with Crippen LogP contribution in [-0.4, -0.2) is 52.8 Å². The lowest BCUT2D eigenvalue weighted by molar-refractivity contribution is -0.133. The van der Waals surface area contributed by atoms with Crippen molar-refractivity contribution in [3.63, 3.8) is 0 Å². The first-order chi connectivity index (χ1) is 14.0. The fraction of sp³-hybridized carbons (Fsp3) is 0.368. The van der Waals surface area contributed by atoms with Gasteiger partial charge < -0.3 is 15.4 Å². The average molecular weight is 437 g/mol. The van der Waals surface area contributed by atoms with E-state index < -0.39 is 45.6 Å². The number of hydrogen-bond acceptors (Lipinski definition) is 6. The van der Waals surface area contributed by atoms with Crippen molar-refractivity contribution in [3.8, 4) is 11.4 Å². The number of carbonyl (C=O) groups is 1. The topological polar surface area (TPSA) is 121 Å². The van der Waals surface area contributed by atoms with Crippen LogP contribution in [0.1, 0.15) is 20.8 Å². The summed E-state index contributed by atoms with van der Waals surface area (Å²) in [6, 6.07) is 0.748. The van der Waals surface area contributed by atoms with Gasteiger partial charge in [0.25, 0.3) is 0 Å². The molecular weight excluding hydrogens is 416 g/mol. The maximum atomic E-state index is 14.4. The molecule has 0 aliphatic carbocycles. The zero-order valence-corrected chi connectivity index (χ0v) is 17.4. The number of anilines is 1. The number of nitrogens with one attached hydrogen (secondary N) is 2. The number of rotatable bonds is 7. The third-order valence-corrected chi connectivity index (χ3v) is 5.75. The van der Waals surface area contributed by atoms with Crippen LogP contribution < -0.4 is 5.32 Å². The minimum atomic E-state index is -1.65. The van der Waals surface area contributed by atoms with Crippen LogP contribution in [0.2, 0.25) is 0 Å². The molecule has 0 aliphatic rings. The van der Waals surface area contributed by atoms with Crippen molar-refractivity contribution in [2.45, 2.75) is 26.8 Å². The van der Waals surface area contributed by atoms with Crippen molar-refractivity contribution in [1.29, 1.82) is 0 Å². The molecule has 0 spiro atoms. The number of carboxylic acid groups (broad SMARTS) is 1. The number of H-pyrrole nitrogens is 1. The molecule has 1 unspecified atom stereocenters. The Hall–Kier alpha value is -2.95. The van der Waals surface area contributed by atoms with Gasteiger partial charge in [0.05, 0.1) is 12.4 Å². The van der Waals surface area contributed by atoms with Crippen molar-refractivity contribution >= 4 is 33.6 Å². The van der Waals surface area contributed by atoms with Gasteiger partial charge in [-0.25, -0.2) is 23.7 Å². The molecule has 3 N–H and O–H groups in total. The largest absolute Gasteiger partial charge is 0.481 e. The van der Waals surface area contributed by atoms with Gasteiger partial charge in [-0.05, 0) is 11.5 Å². The maximum Gasteiger partial charge on any atom is 0.316 e. The first kappa shape index (κ1) is 21.8. The molecule has 0 aliphatic heterocycles. The van der Waals surface area contributed by atoms with Crippen LogP contribution in [-0.2, 0) is 15.6 Å². The van der Waals surface area contributed by atoms with Crippen LogP contribution >= 0.6 is 0 Å². The lowest BCUT2D eigenvalue weighted by Crippen LogP contribution is -2.40. The van der Waals surface area contributed by atoms with Crippen molar-refractivity contribution in [2.24, 2.45) is 5.41 Å². The van der Waals surface area contributed by atoms with Crippen LogP contribution in [0.3, 0.4) is 0 Å². The third kappa shape index (κ3) is 4.96. The Kier molecular flexibility index (Phi) is 6.11. The van der Waals surface area contributed by atoms with E-state index in [0.29, 0.717) is 16.6 Å². The predicted molar refractivity (Wildman–Crippen MR) is 109 cm³/mol. The van der Waals surface area contributed by atoms with Gasteiger partial charge in [-0.3, -0.25) is 9.00 Å². The molecule has 0 radical (unpaired) electrons. The normalized spacial score (nSPS) is 13.9. The molecule has 0 saturated carbocycles. The molecule has 11 heteroatoms. The van der Waals surface area contributed by atoms with Crippen molar-refractivity contribution in [2.75, 3.05) is 16.8 Å². The monoisotopic (exact) mass is 437 g/mol. The van der Waals surface area contributed by atoms with E-state index >= 15 is 0 Å². The third-order valence-electron chi connectivity index (χ3n) is 4.48. The van der Waals surface area contributed by atoms with E-state index in [2.05, 4.69) is 25.3 Å². The number of aromatic nitrogens is 4. The van der Waals surface area contributed by atoms with Gasteiger partial charge in [-0.15, -0.1) is 0 Å². The van der Waals surface area contributed by atoms with Crippen molar-refractivity contribution in [3.05, 3.63) is 36.3 Å². The van der Waals surface area contributed by atoms with E-state index in [9.17, 15) is 17.8 Å². The number of nitrogens with zero attached hydrogens (tertiary/aromatic N) is 3. The number of carboxylic acids is 1. The molecular formula is C19H21F2N5O3S. The maximum absolute atomic E-state index is 14.4. The highest BCUT2D eigenvalue weighted by atomic mass is 32.2. The number of hydrogen-bond donors (Lipinski definition) is 3. The van der Waals surface area contributed by atoms with E-state index in [-0.39, 0.29) is 17.4 Å². The van der Waals surface area contributed by atoms with Gasteiger partial charge in [0, 0.05) is 39.7 Å². The lowest BCUT2D eigenvalue weighted by atomic mass is 9.88. The summed E-state index contributed by atoms with van der Waals surface area (Å²) in [7, 11) is -1.65. The quantitative estimate of drug-likeness (QED) is 0.520. The van der Waals surface area contributed by atoms with E-state index in [4.69, 9.17) is 5.11 Å². The van der Waals surface area contributed by atoms with Crippen LogP contribution in [0.25, 0.3) is 22.4 Å². The van der Waals surface area contributed by atoms with Gasteiger partial charge >= 0.3 is 5.97 Å². The smallest absolute Gasteiger partial charge is 0.316 e. The van der Waals surface area contributed by atoms with Gasteiger partial charge in [0.15, 0.2) is 17.5 Å². The molecule has 0 fully saturated rings. The van der Waals surface area contributed by atoms with Crippen LogP contribution in [0.5, 0.6) is 0 Å². The van der Waals surface area contributed by atoms with Gasteiger partial charge in [0.2, 0.25) is 0 Å². The highest BCUT2D eigenvalue weighted by molar-refractivity contribution is 7.85. The predicted octanol–water partition coefficient (Wildman–Crippen LogP) is 2.96. The fourth-order valence-electron chi connectivity index (χ4n) is 2.82. The minimum Gasteiger partial charge on any atom is -0.481 e. The number of pyridine rings is 1. The zero-order valence-electron chi connectivity index (χ0n) is 16.6. The molecule has 30 heavy (non-hydrogen) atoms. The Morgan fingerprint density at radius 1 is 1.30 bits per heavy atom. The zero-order chi connectivity index (χ0) is 22.1. The van der Waals surface area contributed by atoms with E-state index in [1.54, 1.807) is 6.20 Å². The average Bonchev–Trinajstić information content (AvgIpc) is 3.04. The summed E-state index contributed by atoms with van der Waals surface area (Å²) in [5, 5.41) is 12.2. The Morgan fingerprint density at radius 2 is 2.03 bits per heavy atom. The second-order valence-corrected chi connectivity index (χ2v) is 9.35. The van der Waals surface area contributed by atoms with Crippen LogP contribution in [0.15, 0.2) is 24.7 Å². The second-order valence-electron chi connectivity index (χ2n) is 7.85. The molecule has 2 atom stereocenters. The summed E-state index contributed by atoms with van der Waals surface area (Å²) in [5.41, 5.74) is 0.409. The summed E-state index contributed by atoms with van der Waals surface area (Å²) < 4.78 is 40.2. The summed E-state index contributed by atoms with van der Waals surface area (Å²) in [6.07, 6.45) is 3.62. The number of fused-ring (bicyclic) bond motifs is 1. The number of aromatic amines is 1. The van der Waals surface area contributed by atoms with Crippen molar-refractivity contribution < 1.29 is 22.9 Å². The first-order valence-corrected chi connectivity index (χ1v) is 10.5. The summed E-state index contributed by atoms with van der Waals surface area (Å²) in [5.74, 6) is -2.89. The first-order valence-electron chi connectivity index (χ1n) is 9.03. The van der Waals surface area contributed by atoms with Crippen LogP contribution in [0, 0.1) is 17.0 Å². The van der Waals surface area contributed by atoms with Crippen molar-refractivity contribution in [1.82, 2.24) is 19.9 Å². The Bertz CT molecular complexity index is 1110. The molecule has 0 amide bonds. The summed E-state index contributed by atoms with van der Waals surface area (Å²) in [4.78, 5) is 25.9. The Labute approximate surface area is 173 Å². The SMILES string of the molecule is CC(C)(C)[C@@H](CS(=O)CC(=O)O)Nc1nc(-c2c[nH]c3ncc(F)cc23)ncc1F. The Balaban J connectivity index is 1.94. The summed E-state index contributed by atoms with van der Waals surface area (Å²) >= 11 is 0. The van der Waals surface area contributed by atoms with E-state index in [1.807, 2.05) is 20.8 Å². The number of halogens is 2. The minimum absolute atomic E-state index is 0.00318.